The lowest BCUT2D eigenvalue weighted by Crippen LogP contribution is -2.64. The highest BCUT2D eigenvalue weighted by Crippen LogP contribution is 2.41. The predicted molar refractivity (Wildman–Crippen MR) is 95.0 cm³/mol. The summed E-state index contributed by atoms with van der Waals surface area (Å²) in [5, 5.41) is 19.0. The van der Waals surface area contributed by atoms with Crippen LogP contribution in [-0.2, 0) is 10.0 Å². The van der Waals surface area contributed by atoms with Crippen molar-refractivity contribution in [1.29, 1.82) is 5.26 Å². The van der Waals surface area contributed by atoms with Gasteiger partial charge in [0.25, 0.3) is 0 Å². The van der Waals surface area contributed by atoms with Gasteiger partial charge in [-0.1, -0.05) is 36.8 Å². The number of aliphatic hydroxyl groups is 1. The van der Waals surface area contributed by atoms with E-state index in [0.717, 1.165) is 21.7 Å². The van der Waals surface area contributed by atoms with E-state index >= 15 is 0 Å². The maximum atomic E-state index is 11.8. The van der Waals surface area contributed by atoms with Crippen molar-refractivity contribution in [1.82, 2.24) is 4.31 Å². The van der Waals surface area contributed by atoms with E-state index in [1.807, 2.05) is 24.3 Å². The zero-order chi connectivity index (χ0) is 18.0. The molecule has 1 aromatic rings. The van der Waals surface area contributed by atoms with Crippen molar-refractivity contribution in [2.45, 2.75) is 43.7 Å². The summed E-state index contributed by atoms with van der Waals surface area (Å²) in [7, 11) is -3.53. The summed E-state index contributed by atoms with van der Waals surface area (Å²) in [5.41, 5.74) is 1.78. The molecule has 0 radical (unpaired) electrons. The van der Waals surface area contributed by atoms with Crippen LogP contribution < -0.4 is 0 Å². The van der Waals surface area contributed by atoms with Crippen molar-refractivity contribution >= 4 is 10.0 Å². The molecule has 0 aromatic heterocycles. The highest BCUT2D eigenvalue weighted by atomic mass is 32.2. The zero-order valence-corrected chi connectivity index (χ0v) is 15.0. The standard InChI is InChI=1S/C19H22N2O3S/c1-25(23,24)21-17(12-20)19(18(21)13-22)16-10-8-15(9-11-16)7-6-14-4-2-3-5-14/h8-11,14,17-19,22H,2-5,13H2,1H3/t17-,18+,19+/m1/s1. The van der Waals surface area contributed by atoms with Crippen molar-refractivity contribution < 1.29 is 13.5 Å². The number of nitriles is 1. The van der Waals surface area contributed by atoms with E-state index in [1.54, 1.807) is 0 Å². The molecule has 1 heterocycles. The maximum absolute atomic E-state index is 11.8. The van der Waals surface area contributed by atoms with Gasteiger partial charge < -0.3 is 5.11 Å². The smallest absolute Gasteiger partial charge is 0.212 e. The third-order valence-corrected chi connectivity index (χ3v) is 6.39. The van der Waals surface area contributed by atoms with E-state index in [0.29, 0.717) is 5.92 Å². The summed E-state index contributed by atoms with van der Waals surface area (Å²) < 4.78 is 24.8. The van der Waals surface area contributed by atoms with Crippen molar-refractivity contribution in [3.05, 3.63) is 35.4 Å². The molecule has 25 heavy (non-hydrogen) atoms. The number of nitrogens with zero attached hydrogens (tertiary/aromatic N) is 2. The van der Waals surface area contributed by atoms with E-state index in [1.165, 1.54) is 25.7 Å². The lowest BCUT2D eigenvalue weighted by Gasteiger charge is -2.49. The van der Waals surface area contributed by atoms with Gasteiger partial charge in [0.05, 0.1) is 25.0 Å². The average molecular weight is 358 g/mol. The number of aliphatic hydroxyl groups excluding tert-OH is 1. The molecule has 0 bridgehead atoms. The van der Waals surface area contributed by atoms with Gasteiger partial charge in [-0.2, -0.15) is 9.57 Å². The topological polar surface area (TPSA) is 81.4 Å². The Morgan fingerprint density at radius 1 is 1.24 bits per heavy atom. The number of hydrogen-bond donors (Lipinski definition) is 1. The molecule has 5 nitrogen and oxygen atoms in total. The van der Waals surface area contributed by atoms with Gasteiger partial charge in [-0.3, -0.25) is 0 Å². The maximum Gasteiger partial charge on any atom is 0.212 e. The molecule has 1 aliphatic carbocycles. The van der Waals surface area contributed by atoms with Gasteiger partial charge in [-0.05, 0) is 30.5 Å². The molecule has 6 heteroatoms. The Morgan fingerprint density at radius 2 is 1.88 bits per heavy atom. The van der Waals surface area contributed by atoms with Crippen LogP contribution >= 0.6 is 0 Å². The summed E-state index contributed by atoms with van der Waals surface area (Å²) in [4.78, 5) is 0. The van der Waals surface area contributed by atoms with Gasteiger partial charge in [0, 0.05) is 17.4 Å². The summed E-state index contributed by atoms with van der Waals surface area (Å²) in [6.45, 7) is -0.306. The lowest BCUT2D eigenvalue weighted by atomic mass is 9.78. The third kappa shape index (κ3) is 3.57. The van der Waals surface area contributed by atoms with Crippen molar-refractivity contribution in [3.63, 3.8) is 0 Å². The van der Waals surface area contributed by atoms with Crippen LogP contribution in [0.5, 0.6) is 0 Å². The Bertz CT molecular complexity index is 824. The van der Waals surface area contributed by atoms with Gasteiger partial charge >= 0.3 is 0 Å². The molecular formula is C19H22N2O3S. The van der Waals surface area contributed by atoms with Crippen molar-refractivity contribution in [3.8, 4) is 17.9 Å². The summed E-state index contributed by atoms with van der Waals surface area (Å²) in [6.07, 6.45) is 5.94. The molecule has 0 amide bonds. The molecule has 2 fully saturated rings. The molecule has 2 aliphatic rings. The molecule has 3 atom stereocenters. The van der Waals surface area contributed by atoms with Crippen LogP contribution in [0.25, 0.3) is 0 Å². The van der Waals surface area contributed by atoms with Crippen LogP contribution in [0.1, 0.15) is 42.7 Å². The summed E-state index contributed by atoms with van der Waals surface area (Å²) in [5.74, 6) is 6.69. The van der Waals surface area contributed by atoms with E-state index in [2.05, 4.69) is 17.9 Å². The van der Waals surface area contributed by atoms with Gasteiger partial charge in [-0.25, -0.2) is 8.42 Å². The zero-order valence-electron chi connectivity index (χ0n) is 14.2. The van der Waals surface area contributed by atoms with Crippen LogP contribution in [0.2, 0.25) is 0 Å². The first-order valence-corrected chi connectivity index (χ1v) is 10.4. The molecule has 1 N–H and O–H groups in total. The summed E-state index contributed by atoms with van der Waals surface area (Å²) >= 11 is 0. The van der Waals surface area contributed by atoms with Gasteiger partial charge in [0.1, 0.15) is 6.04 Å². The number of sulfonamides is 1. The molecular weight excluding hydrogens is 336 g/mol. The minimum absolute atomic E-state index is 0.306. The number of hydrogen-bond acceptors (Lipinski definition) is 4. The molecule has 1 aliphatic heterocycles. The van der Waals surface area contributed by atoms with Gasteiger partial charge in [0.15, 0.2) is 0 Å². The van der Waals surface area contributed by atoms with Crippen LogP contribution in [0, 0.1) is 29.1 Å². The molecule has 132 valence electrons. The van der Waals surface area contributed by atoms with E-state index in [9.17, 15) is 18.8 Å². The Balaban J connectivity index is 1.78. The van der Waals surface area contributed by atoms with Crippen molar-refractivity contribution in [2.24, 2.45) is 5.92 Å². The van der Waals surface area contributed by atoms with Crippen LogP contribution in [0.4, 0.5) is 0 Å². The fraction of sp³-hybridized carbons (Fsp3) is 0.526. The second-order valence-electron chi connectivity index (χ2n) is 6.82. The van der Waals surface area contributed by atoms with Gasteiger partial charge in [0.2, 0.25) is 10.0 Å². The minimum atomic E-state index is -3.53. The minimum Gasteiger partial charge on any atom is -0.395 e. The fourth-order valence-electron chi connectivity index (χ4n) is 3.86. The quantitative estimate of drug-likeness (QED) is 0.836. The van der Waals surface area contributed by atoms with E-state index < -0.39 is 22.1 Å². The molecule has 3 rings (SSSR count). The van der Waals surface area contributed by atoms with Crippen LogP contribution in [-0.4, -0.2) is 42.8 Å². The average Bonchev–Trinajstić information content (AvgIpc) is 3.06. The Labute approximate surface area is 149 Å². The SMILES string of the molecule is CS(=O)(=O)N1[C@H](C#N)[C@H](c2ccc(C#CC3CCCC3)cc2)[C@@H]1CO. The Kier molecular flexibility index (Phi) is 5.15. The van der Waals surface area contributed by atoms with E-state index in [4.69, 9.17) is 0 Å². The second-order valence-corrected chi connectivity index (χ2v) is 8.70. The molecule has 1 saturated carbocycles. The Morgan fingerprint density at radius 3 is 2.40 bits per heavy atom. The molecule has 1 aromatic carbocycles. The fourth-order valence-corrected chi connectivity index (χ4v) is 5.14. The van der Waals surface area contributed by atoms with E-state index in [-0.39, 0.29) is 12.5 Å². The first kappa shape index (κ1) is 17.9. The highest BCUT2D eigenvalue weighted by Gasteiger charge is 2.53. The van der Waals surface area contributed by atoms with Crippen molar-refractivity contribution in [2.75, 3.05) is 12.9 Å². The number of benzene rings is 1. The van der Waals surface area contributed by atoms with Crippen LogP contribution in [0.15, 0.2) is 24.3 Å². The lowest BCUT2D eigenvalue weighted by molar-refractivity contribution is 0.0564. The first-order valence-electron chi connectivity index (χ1n) is 8.56. The van der Waals surface area contributed by atoms with Crippen LogP contribution in [0.3, 0.4) is 0 Å². The summed E-state index contributed by atoms with van der Waals surface area (Å²) in [6, 6.07) is 8.27. The molecule has 1 saturated heterocycles. The normalized spacial score (nSPS) is 27.2. The largest absolute Gasteiger partial charge is 0.395 e. The van der Waals surface area contributed by atoms with Gasteiger partial charge in [-0.15, -0.1) is 0 Å². The number of rotatable bonds is 3. The molecule has 0 unspecified atom stereocenters. The highest BCUT2D eigenvalue weighted by molar-refractivity contribution is 7.88. The Hall–Kier alpha value is -1.86. The first-order chi connectivity index (χ1) is 12.0. The second kappa shape index (κ2) is 7.17. The predicted octanol–water partition coefficient (Wildman–Crippen LogP) is 1.84. The monoisotopic (exact) mass is 358 g/mol. The molecule has 0 spiro atoms. The third-order valence-electron chi connectivity index (χ3n) is 5.13.